The molecule has 0 spiro atoms. The van der Waals surface area contributed by atoms with Gasteiger partial charge in [-0.1, -0.05) is 48.5 Å². The number of fused-ring (bicyclic) bond motifs is 3. The lowest BCUT2D eigenvalue weighted by molar-refractivity contribution is 0.236. The van der Waals surface area contributed by atoms with E-state index in [-0.39, 0.29) is 6.61 Å². The van der Waals surface area contributed by atoms with E-state index in [4.69, 9.17) is 0 Å². The lowest BCUT2D eigenvalue weighted by Crippen LogP contribution is -2.33. The summed E-state index contributed by atoms with van der Waals surface area (Å²) in [5, 5.41) is 13.0. The highest BCUT2D eigenvalue weighted by Gasteiger charge is 2.35. The second kappa shape index (κ2) is 5.50. The average molecular weight is 292 g/mol. The van der Waals surface area contributed by atoms with Crippen LogP contribution in [0.15, 0.2) is 60.3 Å². The molecule has 2 aliphatic heterocycles. The first kappa shape index (κ1) is 13.4. The van der Waals surface area contributed by atoms with Crippen LogP contribution < -0.4 is 5.32 Å². The lowest BCUT2D eigenvalue weighted by atomic mass is 9.89. The quantitative estimate of drug-likeness (QED) is 0.911. The van der Waals surface area contributed by atoms with Crippen molar-refractivity contribution in [3.63, 3.8) is 0 Å². The van der Waals surface area contributed by atoms with Crippen LogP contribution in [0.5, 0.6) is 0 Å². The standard InChI is InChI=1S/C19H20N2O/c22-13-12-21-11-10-16-15-8-4-5-9-17(15)20-18(16)19(21)14-6-2-1-3-7-14/h1-9,16,20,22H,10-13H2/t16-/m1/s1. The molecule has 0 amide bonds. The number of allylic oxidation sites excluding steroid dienone is 1. The minimum absolute atomic E-state index is 0.182. The molecule has 112 valence electrons. The maximum Gasteiger partial charge on any atom is 0.0643 e. The number of nitrogens with one attached hydrogen (secondary N) is 1. The van der Waals surface area contributed by atoms with Crippen LogP contribution >= 0.6 is 0 Å². The number of benzene rings is 2. The number of anilines is 1. The molecule has 0 aliphatic carbocycles. The minimum Gasteiger partial charge on any atom is -0.395 e. The van der Waals surface area contributed by atoms with Crippen molar-refractivity contribution in [3.8, 4) is 0 Å². The summed E-state index contributed by atoms with van der Waals surface area (Å²) >= 11 is 0. The van der Waals surface area contributed by atoms with Crippen LogP contribution in [-0.2, 0) is 0 Å². The van der Waals surface area contributed by atoms with E-state index in [2.05, 4.69) is 58.7 Å². The van der Waals surface area contributed by atoms with Crippen molar-refractivity contribution in [1.82, 2.24) is 4.90 Å². The van der Waals surface area contributed by atoms with Crippen LogP contribution in [0, 0.1) is 0 Å². The van der Waals surface area contributed by atoms with E-state index in [0.717, 1.165) is 13.0 Å². The smallest absolute Gasteiger partial charge is 0.0643 e. The lowest BCUT2D eigenvalue weighted by Gasteiger charge is -2.35. The number of aliphatic hydroxyl groups excluding tert-OH is 1. The molecule has 0 aromatic heterocycles. The van der Waals surface area contributed by atoms with Gasteiger partial charge in [0.1, 0.15) is 0 Å². The van der Waals surface area contributed by atoms with Gasteiger partial charge in [0.2, 0.25) is 0 Å². The molecular formula is C19H20N2O. The summed E-state index contributed by atoms with van der Waals surface area (Å²) in [6.07, 6.45) is 1.09. The first-order chi connectivity index (χ1) is 10.9. The van der Waals surface area contributed by atoms with Gasteiger partial charge < -0.3 is 15.3 Å². The molecule has 3 nitrogen and oxygen atoms in total. The van der Waals surface area contributed by atoms with Gasteiger partial charge in [-0.15, -0.1) is 0 Å². The fraction of sp³-hybridized carbons (Fsp3) is 0.263. The van der Waals surface area contributed by atoms with Crippen LogP contribution in [0.3, 0.4) is 0 Å². The third kappa shape index (κ3) is 2.09. The molecule has 3 heteroatoms. The highest BCUT2D eigenvalue weighted by atomic mass is 16.3. The van der Waals surface area contributed by atoms with Gasteiger partial charge in [-0.3, -0.25) is 0 Å². The van der Waals surface area contributed by atoms with E-state index in [1.807, 2.05) is 6.07 Å². The number of hydrogen-bond donors (Lipinski definition) is 2. The Morgan fingerprint density at radius 2 is 1.82 bits per heavy atom. The van der Waals surface area contributed by atoms with Gasteiger partial charge >= 0.3 is 0 Å². The normalized spacial score (nSPS) is 19.7. The molecule has 2 aromatic carbocycles. The summed E-state index contributed by atoms with van der Waals surface area (Å²) in [5.41, 5.74) is 6.36. The maximum atomic E-state index is 9.41. The van der Waals surface area contributed by atoms with Gasteiger partial charge in [-0.2, -0.15) is 0 Å². The molecule has 0 saturated carbocycles. The SMILES string of the molecule is OCCN1CC[C@H]2C(=C1c1ccccc1)Nc1ccccc12. The highest BCUT2D eigenvalue weighted by Crippen LogP contribution is 2.46. The summed E-state index contributed by atoms with van der Waals surface area (Å²) in [6, 6.07) is 19.1. The fourth-order valence-corrected chi connectivity index (χ4v) is 3.67. The second-order valence-electron chi connectivity index (χ2n) is 5.89. The highest BCUT2D eigenvalue weighted by molar-refractivity contribution is 5.79. The maximum absolute atomic E-state index is 9.41. The van der Waals surface area contributed by atoms with E-state index in [1.165, 1.54) is 28.2 Å². The summed E-state index contributed by atoms with van der Waals surface area (Å²) in [4.78, 5) is 2.31. The zero-order valence-corrected chi connectivity index (χ0v) is 12.5. The largest absolute Gasteiger partial charge is 0.395 e. The molecule has 22 heavy (non-hydrogen) atoms. The van der Waals surface area contributed by atoms with Gasteiger partial charge in [-0.25, -0.2) is 0 Å². The van der Waals surface area contributed by atoms with Crippen LogP contribution in [0.2, 0.25) is 0 Å². The Kier molecular flexibility index (Phi) is 3.35. The molecule has 2 N–H and O–H groups in total. The Bertz CT molecular complexity index is 708. The topological polar surface area (TPSA) is 35.5 Å². The molecule has 0 unspecified atom stereocenters. The number of hydrogen-bond acceptors (Lipinski definition) is 3. The number of rotatable bonds is 3. The van der Waals surface area contributed by atoms with Gasteiger partial charge in [0.15, 0.2) is 0 Å². The molecule has 1 atom stereocenters. The molecular weight excluding hydrogens is 272 g/mol. The number of aliphatic hydroxyl groups is 1. The first-order valence-electron chi connectivity index (χ1n) is 7.90. The fourth-order valence-electron chi connectivity index (χ4n) is 3.67. The summed E-state index contributed by atoms with van der Waals surface area (Å²) in [6.45, 7) is 1.84. The Labute approximate surface area is 130 Å². The van der Waals surface area contributed by atoms with Crippen molar-refractivity contribution in [2.75, 3.05) is 25.0 Å². The third-order valence-electron chi connectivity index (χ3n) is 4.63. The number of para-hydroxylation sites is 1. The zero-order chi connectivity index (χ0) is 14.9. The van der Waals surface area contributed by atoms with Gasteiger partial charge in [0, 0.05) is 30.4 Å². The van der Waals surface area contributed by atoms with Crippen molar-refractivity contribution in [3.05, 3.63) is 71.4 Å². The number of β-amino-alcohol motifs (C(OH)–C–C–N with tert-alkyl or cyclic N) is 1. The first-order valence-corrected chi connectivity index (χ1v) is 7.90. The summed E-state index contributed by atoms with van der Waals surface area (Å²) in [5.74, 6) is 0.446. The van der Waals surface area contributed by atoms with Crippen LogP contribution in [0.25, 0.3) is 5.70 Å². The van der Waals surface area contributed by atoms with E-state index in [1.54, 1.807) is 0 Å². The summed E-state index contributed by atoms with van der Waals surface area (Å²) in [7, 11) is 0. The van der Waals surface area contributed by atoms with E-state index >= 15 is 0 Å². The third-order valence-corrected chi connectivity index (χ3v) is 4.63. The average Bonchev–Trinajstić information content (AvgIpc) is 2.94. The molecule has 0 fully saturated rings. The van der Waals surface area contributed by atoms with Gasteiger partial charge in [-0.05, 0) is 23.6 Å². The van der Waals surface area contributed by atoms with Crippen molar-refractivity contribution >= 4 is 11.4 Å². The Balaban J connectivity index is 1.85. The van der Waals surface area contributed by atoms with Crippen molar-refractivity contribution < 1.29 is 5.11 Å². The van der Waals surface area contributed by atoms with Gasteiger partial charge in [0.05, 0.1) is 12.3 Å². The van der Waals surface area contributed by atoms with E-state index in [9.17, 15) is 5.11 Å². The molecule has 2 aromatic rings. The van der Waals surface area contributed by atoms with Crippen LogP contribution in [0.4, 0.5) is 5.69 Å². The van der Waals surface area contributed by atoms with Crippen molar-refractivity contribution in [2.45, 2.75) is 12.3 Å². The molecule has 0 radical (unpaired) electrons. The van der Waals surface area contributed by atoms with E-state index in [0.29, 0.717) is 12.5 Å². The van der Waals surface area contributed by atoms with E-state index < -0.39 is 0 Å². The Morgan fingerprint density at radius 1 is 1.05 bits per heavy atom. The second-order valence-corrected chi connectivity index (χ2v) is 5.89. The monoisotopic (exact) mass is 292 g/mol. The molecule has 2 heterocycles. The molecule has 0 saturated heterocycles. The Hall–Kier alpha value is -2.26. The minimum atomic E-state index is 0.182. The number of nitrogens with zero attached hydrogens (tertiary/aromatic N) is 1. The zero-order valence-electron chi connectivity index (χ0n) is 12.5. The van der Waals surface area contributed by atoms with Crippen LogP contribution in [-0.4, -0.2) is 29.7 Å². The van der Waals surface area contributed by atoms with Crippen molar-refractivity contribution in [2.24, 2.45) is 0 Å². The Morgan fingerprint density at radius 3 is 2.64 bits per heavy atom. The molecule has 2 aliphatic rings. The van der Waals surface area contributed by atoms with Gasteiger partial charge in [0.25, 0.3) is 0 Å². The van der Waals surface area contributed by atoms with Crippen molar-refractivity contribution in [1.29, 1.82) is 0 Å². The predicted octanol–water partition coefficient (Wildman–Crippen LogP) is 3.26. The van der Waals surface area contributed by atoms with Crippen LogP contribution in [0.1, 0.15) is 23.5 Å². The predicted molar refractivity (Wildman–Crippen MR) is 89.4 cm³/mol. The summed E-state index contributed by atoms with van der Waals surface area (Å²) < 4.78 is 0. The molecule has 0 bridgehead atoms. The molecule has 4 rings (SSSR count).